The van der Waals surface area contributed by atoms with E-state index in [4.69, 9.17) is 66.7 Å². The number of esters is 2. The Labute approximate surface area is 400 Å². The third-order valence-corrected chi connectivity index (χ3v) is 10.6. The molecule has 0 bridgehead atoms. The molecule has 0 radical (unpaired) electrons. The third kappa shape index (κ3) is 19.2. The van der Waals surface area contributed by atoms with Crippen molar-refractivity contribution in [2.45, 2.75) is 39.1 Å². The summed E-state index contributed by atoms with van der Waals surface area (Å²) in [5.74, 6) is -0.344. The number of anilines is 2. The van der Waals surface area contributed by atoms with Gasteiger partial charge in [0.1, 0.15) is 11.5 Å². The summed E-state index contributed by atoms with van der Waals surface area (Å²) in [5, 5.41) is 34.5. The fraction of sp³-hybridized carbons (Fsp3) is 0.240. The van der Waals surface area contributed by atoms with E-state index in [9.17, 15) is 19.8 Å². The van der Waals surface area contributed by atoms with Crippen molar-refractivity contribution in [3.05, 3.63) is 188 Å². The summed E-state index contributed by atoms with van der Waals surface area (Å²) in [6, 6.07) is 43.5. The molecule has 0 saturated carbocycles. The maximum absolute atomic E-state index is 12.3. The zero-order valence-corrected chi connectivity index (χ0v) is 39.1. The van der Waals surface area contributed by atoms with Gasteiger partial charge in [-0.2, -0.15) is 0 Å². The van der Waals surface area contributed by atoms with Crippen molar-refractivity contribution >= 4 is 69.7 Å². The zero-order valence-electron chi connectivity index (χ0n) is 36.1. The lowest BCUT2D eigenvalue weighted by molar-refractivity contribution is -0.145. The average molecular weight is 965 g/mol. The highest BCUT2D eigenvalue weighted by molar-refractivity contribution is 6.33. The summed E-state index contributed by atoms with van der Waals surface area (Å²) in [5.41, 5.74) is 10.4. The Morgan fingerprint density at radius 1 is 0.600 bits per heavy atom. The number of aromatic hydroxyl groups is 2. The predicted molar refractivity (Wildman–Crippen MR) is 262 cm³/mol. The van der Waals surface area contributed by atoms with Gasteiger partial charge < -0.3 is 35.8 Å². The van der Waals surface area contributed by atoms with Gasteiger partial charge in [-0.25, -0.2) is 0 Å². The molecular weight excluding hydrogens is 910 g/mol. The minimum Gasteiger partial charge on any atom is -0.508 e. The monoisotopic (exact) mass is 962 g/mol. The molecule has 6 rings (SSSR count). The summed E-state index contributed by atoms with van der Waals surface area (Å²) in [7, 11) is 0. The van der Waals surface area contributed by atoms with E-state index in [2.05, 4.69) is 5.32 Å². The van der Waals surface area contributed by atoms with Crippen LogP contribution in [0.2, 0.25) is 20.1 Å². The first kappa shape index (κ1) is 52.1. The molecule has 2 atom stereocenters. The van der Waals surface area contributed by atoms with E-state index in [0.717, 1.165) is 22.3 Å². The molecule has 0 aliphatic carbocycles. The molecule has 0 saturated heterocycles. The molecule has 6 N–H and O–H groups in total. The van der Waals surface area contributed by atoms with Gasteiger partial charge in [-0.3, -0.25) is 19.4 Å². The minimum absolute atomic E-state index is 0.0941. The van der Waals surface area contributed by atoms with Crippen LogP contribution in [0.5, 0.6) is 11.5 Å². The number of phenolic OH excluding ortho intramolecular Hbond substituents is 2. The molecule has 0 aliphatic heterocycles. The molecule has 0 unspecified atom stereocenters. The van der Waals surface area contributed by atoms with E-state index in [1.54, 1.807) is 56.3 Å². The predicted octanol–water partition coefficient (Wildman–Crippen LogP) is 11.0. The third-order valence-electron chi connectivity index (χ3n) is 9.48. The van der Waals surface area contributed by atoms with Crippen LogP contribution < -0.4 is 11.1 Å². The number of carbonyl (C=O) groups excluding carboxylic acids is 2. The second kappa shape index (κ2) is 27.7. The standard InChI is InChI=1S/C25H26Cl2N2O3.C19H22ClNO3.C6H6ClNO/c1-2-32-25(31)17-29(15-18-6-4-3-5-7-18)16-24(19-8-10-20(26)11-9-19)28-23-13-12-21(30)14-22(23)27;1-2-24-19(23)14-21(12-15-6-4-3-5-7-15)13-18(22)16-8-10-17(20)11-9-16;7-5-3-4(9)1-2-6(5)8/h3-14,24,28,30H,2,15-17H2,1H3;3-11,18,22H,2,12-14H2,1H3;1-3,9H,8H2/t24-;18-;/m00./s1. The number of benzene rings is 6. The molecule has 0 amide bonds. The van der Waals surface area contributed by atoms with Crippen LogP contribution in [0.1, 0.15) is 48.2 Å². The quantitative estimate of drug-likeness (QED) is 0.0317. The second-order valence-corrected chi connectivity index (χ2v) is 16.3. The topological polar surface area (TPSA) is 158 Å². The van der Waals surface area contributed by atoms with E-state index in [1.807, 2.05) is 94.7 Å². The van der Waals surface area contributed by atoms with Gasteiger partial charge in [-0.05, 0) is 84.6 Å². The van der Waals surface area contributed by atoms with Crippen molar-refractivity contribution in [3.8, 4) is 11.5 Å². The molecule has 0 fully saturated rings. The Hall–Kier alpha value is -5.50. The highest BCUT2D eigenvalue weighted by atomic mass is 35.5. The first-order valence-corrected chi connectivity index (χ1v) is 22.3. The SMILES string of the molecule is CCOC(=O)CN(Cc1ccccc1)C[C@H](Nc1ccc(O)cc1Cl)c1ccc(Cl)cc1.CCOC(=O)CN(Cc1ccccc1)C[C@H](O)c1ccc(Cl)cc1.Nc1ccc(O)cc1Cl. The number of halogens is 4. The second-order valence-electron chi connectivity index (χ2n) is 14.6. The molecule has 6 aromatic rings. The molecule has 0 spiro atoms. The van der Waals surface area contributed by atoms with Crippen molar-refractivity contribution < 1.29 is 34.4 Å². The molecular formula is C50H54Cl4N4O7. The van der Waals surface area contributed by atoms with Crippen molar-refractivity contribution in [3.63, 3.8) is 0 Å². The van der Waals surface area contributed by atoms with Gasteiger partial charge in [0.15, 0.2) is 0 Å². The van der Waals surface area contributed by atoms with Crippen molar-refractivity contribution in [2.24, 2.45) is 0 Å². The van der Waals surface area contributed by atoms with Crippen LogP contribution in [0, 0.1) is 0 Å². The number of aliphatic hydroxyl groups excluding tert-OH is 1. The number of hydrogen-bond acceptors (Lipinski definition) is 11. The average Bonchev–Trinajstić information content (AvgIpc) is 3.27. The highest BCUT2D eigenvalue weighted by Gasteiger charge is 2.21. The Morgan fingerprint density at radius 3 is 1.49 bits per heavy atom. The number of rotatable bonds is 18. The Balaban J connectivity index is 0.000000245. The largest absolute Gasteiger partial charge is 0.508 e. The van der Waals surface area contributed by atoms with Gasteiger partial charge in [0, 0.05) is 48.4 Å². The van der Waals surface area contributed by atoms with E-state index < -0.39 is 6.10 Å². The van der Waals surface area contributed by atoms with Crippen molar-refractivity contribution in [1.29, 1.82) is 0 Å². The lowest BCUT2D eigenvalue weighted by Crippen LogP contribution is -2.36. The zero-order chi connectivity index (χ0) is 47.1. The van der Waals surface area contributed by atoms with Crippen LogP contribution in [0.3, 0.4) is 0 Å². The van der Waals surface area contributed by atoms with E-state index in [1.165, 1.54) is 18.2 Å². The molecule has 0 aromatic heterocycles. The lowest BCUT2D eigenvalue weighted by atomic mass is 10.0. The smallest absolute Gasteiger partial charge is 0.320 e. The van der Waals surface area contributed by atoms with Crippen LogP contribution in [0.15, 0.2) is 146 Å². The summed E-state index contributed by atoms with van der Waals surface area (Å²) in [6.45, 7) is 6.51. The van der Waals surface area contributed by atoms with Crippen LogP contribution in [-0.4, -0.2) is 76.5 Å². The number of nitrogens with two attached hydrogens (primary N) is 1. The van der Waals surface area contributed by atoms with Crippen LogP contribution in [0.25, 0.3) is 0 Å². The van der Waals surface area contributed by atoms with Crippen LogP contribution >= 0.6 is 46.4 Å². The number of nitrogen functional groups attached to an aromatic ring is 1. The van der Waals surface area contributed by atoms with Crippen molar-refractivity contribution in [2.75, 3.05) is 50.4 Å². The minimum atomic E-state index is -0.708. The summed E-state index contributed by atoms with van der Waals surface area (Å²) < 4.78 is 10.2. The van der Waals surface area contributed by atoms with Gasteiger partial charge in [0.25, 0.3) is 0 Å². The number of ether oxygens (including phenoxy) is 2. The Bertz CT molecular complexity index is 2350. The van der Waals surface area contributed by atoms with Crippen molar-refractivity contribution in [1.82, 2.24) is 9.80 Å². The van der Waals surface area contributed by atoms with Gasteiger partial charge in [-0.1, -0.05) is 131 Å². The first-order chi connectivity index (χ1) is 31.2. The highest BCUT2D eigenvalue weighted by Crippen LogP contribution is 2.31. The fourth-order valence-electron chi connectivity index (χ4n) is 6.38. The molecule has 6 aromatic carbocycles. The van der Waals surface area contributed by atoms with E-state index >= 15 is 0 Å². The summed E-state index contributed by atoms with van der Waals surface area (Å²) >= 11 is 23.9. The molecule has 11 nitrogen and oxygen atoms in total. The van der Waals surface area contributed by atoms with Gasteiger partial charge in [0.2, 0.25) is 0 Å². The lowest BCUT2D eigenvalue weighted by Gasteiger charge is -2.29. The Morgan fingerprint density at radius 2 is 1.05 bits per heavy atom. The van der Waals surface area contributed by atoms with E-state index in [-0.39, 0.29) is 42.6 Å². The molecule has 344 valence electrons. The number of carbonyl (C=O) groups is 2. The summed E-state index contributed by atoms with van der Waals surface area (Å²) in [6.07, 6.45) is -0.708. The van der Waals surface area contributed by atoms with Gasteiger partial charge in [0.05, 0.1) is 59.9 Å². The fourth-order valence-corrected chi connectivity index (χ4v) is 7.04. The summed E-state index contributed by atoms with van der Waals surface area (Å²) in [4.78, 5) is 28.1. The van der Waals surface area contributed by atoms with E-state index in [0.29, 0.717) is 70.9 Å². The number of aliphatic hydroxyl groups is 1. The van der Waals surface area contributed by atoms with Gasteiger partial charge >= 0.3 is 11.9 Å². The van der Waals surface area contributed by atoms with Crippen LogP contribution in [-0.2, 0) is 32.2 Å². The molecule has 0 heterocycles. The number of nitrogens with one attached hydrogen (secondary N) is 1. The molecule has 65 heavy (non-hydrogen) atoms. The first-order valence-electron chi connectivity index (χ1n) is 20.7. The number of hydrogen-bond donors (Lipinski definition) is 5. The number of nitrogens with zero attached hydrogens (tertiary/aromatic N) is 2. The maximum Gasteiger partial charge on any atom is 0.320 e. The normalized spacial score (nSPS) is 11.6. The Kier molecular flexibility index (Phi) is 22.2. The maximum atomic E-state index is 12.3. The van der Waals surface area contributed by atoms with Crippen LogP contribution in [0.4, 0.5) is 11.4 Å². The molecule has 15 heteroatoms. The molecule has 0 aliphatic rings. The van der Waals surface area contributed by atoms with Gasteiger partial charge in [-0.15, -0.1) is 0 Å². The number of phenols is 2.